The first-order valence-corrected chi connectivity index (χ1v) is 15.1. The number of carbonyl (C=O) groups is 3. The van der Waals surface area contributed by atoms with Crippen LogP contribution in [0.1, 0.15) is 36.5 Å². The third kappa shape index (κ3) is 5.50. The fourth-order valence-electron chi connectivity index (χ4n) is 5.75. The van der Waals surface area contributed by atoms with Crippen molar-refractivity contribution in [3.63, 3.8) is 0 Å². The molecule has 0 aromatic carbocycles. The largest absolute Gasteiger partial charge is 0.381 e. The molecule has 1 saturated carbocycles. The topological polar surface area (TPSA) is 91.8 Å². The van der Waals surface area contributed by atoms with Crippen LogP contribution in [-0.4, -0.2) is 77.1 Å². The summed E-state index contributed by atoms with van der Waals surface area (Å²) in [6.07, 6.45) is 5.57. The van der Waals surface area contributed by atoms with Crippen LogP contribution in [0.3, 0.4) is 0 Å². The van der Waals surface area contributed by atoms with Crippen molar-refractivity contribution in [1.29, 1.82) is 0 Å². The van der Waals surface area contributed by atoms with Crippen molar-refractivity contribution in [3.05, 3.63) is 41.2 Å². The number of amides is 3. The number of rotatable bonds is 7. The first kappa shape index (κ1) is 26.4. The van der Waals surface area contributed by atoms with Crippen molar-refractivity contribution in [2.45, 2.75) is 41.7 Å². The zero-order chi connectivity index (χ0) is 26.2. The highest BCUT2D eigenvalue weighted by Crippen LogP contribution is 2.46. The van der Waals surface area contributed by atoms with Crippen LogP contribution >= 0.6 is 34.4 Å². The van der Waals surface area contributed by atoms with Crippen LogP contribution in [0.25, 0.3) is 0 Å². The Morgan fingerprint density at radius 1 is 1.27 bits per heavy atom. The molecule has 1 spiro atoms. The number of nitrogens with zero attached hydrogens (tertiary/aromatic N) is 3. The van der Waals surface area contributed by atoms with E-state index >= 15 is 0 Å². The summed E-state index contributed by atoms with van der Waals surface area (Å²) in [6.45, 7) is 8.65. The number of thioether (sulfide) groups is 1. The number of carbonyl (C=O) groups excluding carboxylic acids is 3. The van der Waals surface area contributed by atoms with Gasteiger partial charge in [0.25, 0.3) is 5.91 Å². The fourth-order valence-corrected chi connectivity index (χ4v) is 8.79. The minimum atomic E-state index is -0.186. The first-order valence-electron chi connectivity index (χ1n) is 12.5. The lowest BCUT2D eigenvalue weighted by Gasteiger charge is -2.50. The van der Waals surface area contributed by atoms with E-state index in [1.54, 1.807) is 31.1 Å². The van der Waals surface area contributed by atoms with Crippen LogP contribution in [0.4, 0.5) is 5.13 Å². The smallest absolute Gasteiger partial charge is 0.258 e. The molecule has 11 heteroatoms. The normalized spacial score (nSPS) is 26.6. The third-order valence-electron chi connectivity index (χ3n) is 7.84. The first-order chi connectivity index (χ1) is 17.8. The average Bonchev–Trinajstić information content (AvgIpc) is 3.64. The average molecular weight is 561 g/mol. The number of thiazole rings is 1. The van der Waals surface area contributed by atoms with Gasteiger partial charge in [0.05, 0.1) is 28.0 Å². The molecule has 4 heterocycles. The van der Waals surface area contributed by atoms with Crippen LogP contribution in [-0.2, 0) is 14.3 Å². The Morgan fingerprint density at radius 3 is 2.76 bits per heavy atom. The van der Waals surface area contributed by atoms with E-state index in [0.717, 1.165) is 30.0 Å². The molecule has 2 aromatic heterocycles. The summed E-state index contributed by atoms with van der Waals surface area (Å²) in [6, 6.07) is 1.79. The van der Waals surface area contributed by atoms with Crippen molar-refractivity contribution >= 4 is 57.3 Å². The Kier molecular flexibility index (Phi) is 7.76. The van der Waals surface area contributed by atoms with Gasteiger partial charge in [0.2, 0.25) is 11.8 Å². The molecule has 0 bridgehead atoms. The number of nitrogens with one attached hydrogen (secondary N) is 1. The van der Waals surface area contributed by atoms with Gasteiger partial charge in [0, 0.05) is 49.3 Å². The lowest BCUT2D eigenvalue weighted by atomic mass is 9.75. The molecule has 3 fully saturated rings. The second-order valence-corrected chi connectivity index (χ2v) is 13.7. The molecule has 8 nitrogen and oxygen atoms in total. The number of hydrogen-bond acceptors (Lipinski definition) is 8. The van der Waals surface area contributed by atoms with Gasteiger partial charge in [-0.25, -0.2) is 4.98 Å². The molecule has 4 atom stereocenters. The number of aromatic nitrogens is 1. The predicted molar refractivity (Wildman–Crippen MR) is 147 cm³/mol. The summed E-state index contributed by atoms with van der Waals surface area (Å²) in [5.74, 6) is 0.171. The number of anilines is 1. The Hall–Kier alpha value is -2.21. The molecule has 0 radical (unpaired) electrons. The molecule has 37 heavy (non-hydrogen) atoms. The highest BCUT2D eigenvalue weighted by Gasteiger charge is 2.52. The number of ether oxygens (including phenoxy) is 1. The highest BCUT2D eigenvalue weighted by atomic mass is 32.2. The van der Waals surface area contributed by atoms with Gasteiger partial charge in [-0.1, -0.05) is 24.8 Å². The Bertz CT molecular complexity index is 1160. The zero-order valence-corrected chi connectivity index (χ0v) is 23.5. The minimum absolute atomic E-state index is 0.0273. The Morgan fingerprint density at radius 2 is 2.05 bits per heavy atom. The molecule has 5 rings (SSSR count). The van der Waals surface area contributed by atoms with Gasteiger partial charge >= 0.3 is 0 Å². The molecule has 2 aromatic rings. The molecular formula is C26H32N4O4S3. The number of methoxy groups -OCH3 is 1. The van der Waals surface area contributed by atoms with Crippen LogP contribution < -0.4 is 5.32 Å². The molecule has 3 aliphatic rings. The van der Waals surface area contributed by atoms with Crippen LogP contribution in [0.2, 0.25) is 0 Å². The molecule has 4 unspecified atom stereocenters. The Labute approximate surface area is 229 Å². The summed E-state index contributed by atoms with van der Waals surface area (Å²) < 4.78 is 6.83. The summed E-state index contributed by atoms with van der Waals surface area (Å²) in [7, 11) is 1.70. The second-order valence-electron chi connectivity index (χ2n) is 10.3. The Balaban J connectivity index is 1.19. The van der Waals surface area contributed by atoms with Crippen molar-refractivity contribution in [3.8, 4) is 0 Å². The lowest BCUT2D eigenvalue weighted by Crippen LogP contribution is -2.62. The van der Waals surface area contributed by atoms with E-state index in [1.165, 1.54) is 28.7 Å². The van der Waals surface area contributed by atoms with Gasteiger partial charge in [-0.3, -0.25) is 19.7 Å². The summed E-state index contributed by atoms with van der Waals surface area (Å²) in [4.78, 5) is 46.1. The SMILES string of the molecule is C=CC(=O)N1CCC2(C1)CN(C(=O)C1CC(Sc3cnc(NC(=O)c4ccsc4)s3)C(C)CC1OC)C2. The number of thiophene rings is 1. The minimum Gasteiger partial charge on any atom is -0.381 e. The van der Waals surface area contributed by atoms with Gasteiger partial charge in [-0.05, 0) is 42.7 Å². The second kappa shape index (κ2) is 10.9. The van der Waals surface area contributed by atoms with Gasteiger partial charge in [-0.15, -0.1) is 11.8 Å². The van der Waals surface area contributed by atoms with Crippen LogP contribution in [0, 0.1) is 17.3 Å². The van der Waals surface area contributed by atoms with E-state index in [9.17, 15) is 14.4 Å². The highest BCUT2D eigenvalue weighted by molar-refractivity contribution is 8.01. The van der Waals surface area contributed by atoms with Crippen molar-refractivity contribution in [1.82, 2.24) is 14.8 Å². The van der Waals surface area contributed by atoms with E-state index in [4.69, 9.17) is 4.74 Å². The molecular weight excluding hydrogens is 529 g/mol. The summed E-state index contributed by atoms with van der Waals surface area (Å²) >= 11 is 4.69. The molecule has 198 valence electrons. The van der Waals surface area contributed by atoms with Gasteiger partial charge in [0.15, 0.2) is 5.13 Å². The van der Waals surface area contributed by atoms with Crippen LogP contribution in [0.5, 0.6) is 0 Å². The van der Waals surface area contributed by atoms with Crippen LogP contribution in [0.15, 0.2) is 39.9 Å². The van der Waals surface area contributed by atoms with E-state index in [2.05, 4.69) is 23.8 Å². The summed E-state index contributed by atoms with van der Waals surface area (Å²) in [5.41, 5.74) is 0.659. The van der Waals surface area contributed by atoms with E-state index in [-0.39, 0.29) is 40.4 Å². The maximum Gasteiger partial charge on any atom is 0.258 e. The van der Waals surface area contributed by atoms with Gasteiger partial charge in [0.1, 0.15) is 0 Å². The molecule has 1 N–H and O–H groups in total. The quantitative estimate of drug-likeness (QED) is 0.510. The zero-order valence-electron chi connectivity index (χ0n) is 21.1. The van der Waals surface area contributed by atoms with Crippen molar-refractivity contribution in [2.75, 3.05) is 38.6 Å². The van der Waals surface area contributed by atoms with E-state index in [1.807, 2.05) is 20.6 Å². The number of hydrogen-bond donors (Lipinski definition) is 1. The summed E-state index contributed by atoms with van der Waals surface area (Å²) in [5, 5.41) is 7.40. The standard InChI is InChI=1S/C26H32N4O4S3/c1-4-21(31)29-7-6-26(13-29)14-30(15-26)24(33)18-10-20(16(2)9-19(18)34-3)36-22-11-27-25(37-22)28-23(32)17-5-8-35-12-17/h4-5,8,11-12,16,18-20H,1,6-7,9-10,13-15H2,2-3H3,(H,27,28,32). The van der Waals surface area contributed by atoms with E-state index < -0.39 is 0 Å². The molecule has 1 aliphatic carbocycles. The van der Waals surface area contributed by atoms with Gasteiger partial charge < -0.3 is 14.5 Å². The van der Waals surface area contributed by atoms with Gasteiger partial charge in [-0.2, -0.15) is 11.3 Å². The third-order valence-corrected chi connectivity index (χ3v) is 11.1. The predicted octanol–water partition coefficient (Wildman–Crippen LogP) is 4.23. The van der Waals surface area contributed by atoms with Crippen molar-refractivity contribution < 1.29 is 19.1 Å². The molecule has 2 aliphatic heterocycles. The lowest BCUT2D eigenvalue weighted by molar-refractivity contribution is -0.154. The maximum absolute atomic E-state index is 13.6. The maximum atomic E-state index is 13.6. The van der Waals surface area contributed by atoms with E-state index in [0.29, 0.717) is 36.2 Å². The molecule has 3 amide bonds. The number of likely N-dealkylation sites (tertiary alicyclic amines) is 2. The fraction of sp³-hybridized carbons (Fsp3) is 0.538. The molecule has 2 saturated heterocycles. The monoisotopic (exact) mass is 560 g/mol. The van der Waals surface area contributed by atoms with Crippen molar-refractivity contribution in [2.24, 2.45) is 17.3 Å².